The van der Waals surface area contributed by atoms with E-state index in [0.29, 0.717) is 6.42 Å². The number of hydrogen-bond acceptors (Lipinski definition) is 3. The second-order valence-electron chi connectivity index (χ2n) is 7.25. The first kappa shape index (κ1) is 22.9. The van der Waals surface area contributed by atoms with Crippen molar-refractivity contribution in [1.82, 2.24) is 5.32 Å². The van der Waals surface area contributed by atoms with Crippen molar-refractivity contribution in [2.45, 2.75) is 52.6 Å². The summed E-state index contributed by atoms with van der Waals surface area (Å²) in [7, 11) is -3.88. The number of sulfonamides is 1. The van der Waals surface area contributed by atoms with E-state index in [-0.39, 0.29) is 18.2 Å². The Morgan fingerprint density at radius 3 is 2.24 bits per heavy atom. The van der Waals surface area contributed by atoms with Crippen molar-refractivity contribution in [3.05, 3.63) is 65.0 Å². The van der Waals surface area contributed by atoms with E-state index >= 15 is 0 Å². The normalized spacial score (nSPS) is 13.6. The van der Waals surface area contributed by atoms with E-state index < -0.39 is 27.8 Å². The molecule has 0 bridgehead atoms. The van der Waals surface area contributed by atoms with Gasteiger partial charge in [-0.3, -0.25) is 9.10 Å². The number of carbonyl (C=O) groups is 1. The van der Waals surface area contributed by atoms with Gasteiger partial charge in [0.1, 0.15) is 11.9 Å². The highest BCUT2D eigenvalue weighted by Crippen LogP contribution is 2.26. The summed E-state index contributed by atoms with van der Waals surface area (Å²) in [5, 5.41) is 2.95. The Bertz CT molecular complexity index is 976. The van der Waals surface area contributed by atoms with Gasteiger partial charge in [-0.25, -0.2) is 12.8 Å². The summed E-state index contributed by atoms with van der Waals surface area (Å²) in [6.45, 7) is 7.68. The maximum Gasteiger partial charge on any atom is 0.244 e. The Balaban J connectivity index is 2.38. The largest absolute Gasteiger partial charge is 0.347 e. The SMILES string of the molecule is CC[C@H](NC(=O)[C@@H](CC)N(c1ccccc1F)S(C)(=O)=O)c1ccc(C)c(C)c1. The zero-order valence-corrected chi connectivity index (χ0v) is 18.4. The zero-order chi connectivity index (χ0) is 21.8. The first-order valence-electron chi connectivity index (χ1n) is 9.71. The zero-order valence-electron chi connectivity index (χ0n) is 17.6. The Morgan fingerprint density at radius 1 is 1.07 bits per heavy atom. The van der Waals surface area contributed by atoms with Crippen LogP contribution in [0.3, 0.4) is 0 Å². The first-order valence-corrected chi connectivity index (χ1v) is 11.6. The lowest BCUT2D eigenvalue weighted by atomic mass is 9.99. The number of carbonyl (C=O) groups excluding carboxylic acids is 1. The molecule has 0 saturated carbocycles. The van der Waals surface area contributed by atoms with Crippen LogP contribution in [-0.4, -0.2) is 26.6 Å². The smallest absolute Gasteiger partial charge is 0.244 e. The first-order chi connectivity index (χ1) is 13.6. The molecule has 1 amide bonds. The number of aryl methyl sites for hydroxylation is 2. The summed E-state index contributed by atoms with van der Waals surface area (Å²) in [6.07, 6.45) is 1.83. The van der Waals surface area contributed by atoms with Crippen LogP contribution in [0, 0.1) is 19.7 Å². The molecule has 0 heterocycles. The summed E-state index contributed by atoms with van der Waals surface area (Å²) < 4.78 is 40.2. The standard InChI is InChI=1S/C22H29FN2O3S/c1-6-19(17-13-12-15(3)16(4)14-17)24-22(26)20(7-2)25(29(5,27)28)21-11-9-8-10-18(21)23/h8-14,19-20H,6-7H2,1-5H3,(H,24,26)/t19-,20+/m0/s1. The molecule has 2 atom stereocenters. The average molecular weight is 421 g/mol. The van der Waals surface area contributed by atoms with Gasteiger partial charge in [-0.15, -0.1) is 0 Å². The van der Waals surface area contributed by atoms with Crippen LogP contribution in [-0.2, 0) is 14.8 Å². The molecule has 0 aliphatic heterocycles. The van der Waals surface area contributed by atoms with E-state index in [4.69, 9.17) is 0 Å². The molecule has 1 N–H and O–H groups in total. The summed E-state index contributed by atoms with van der Waals surface area (Å²) >= 11 is 0. The molecule has 0 unspecified atom stereocenters. The Hall–Kier alpha value is -2.41. The lowest BCUT2D eigenvalue weighted by Gasteiger charge is -2.31. The van der Waals surface area contributed by atoms with Crippen LogP contribution in [0.4, 0.5) is 10.1 Å². The van der Waals surface area contributed by atoms with Crippen LogP contribution in [0.1, 0.15) is 49.4 Å². The van der Waals surface area contributed by atoms with E-state index in [9.17, 15) is 17.6 Å². The predicted octanol–water partition coefficient (Wildman–Crippen LogP) is 4.25. The third-order valence-electron chi connectivity index (χ3n) is 5.08. The lowest BCUT2D eigenvalue weighted by molar-refractivity contribution is -0.123. The van der Waals surface area contributed by atoms with Crippen LogP contribution >= 0.6 is 0 Å². The van der Waals surface area contributed by atoms with E-state index in [1.54, 1.807) is 13.0 Å². The fourth-order valence-electron chi connectivity index (χ4n) is 3.34. The van der Waals surface area contributed by atoms with Crippen LogP contribution in [0.2, 0.25) is 0 Å². The summed E-state index contributed by atoms with van der Waals surface area (Å²) in [4.78, 5) is 13.1. The fraction of sp³-hybridized carbons (Fsp3) is 0.409. The molecule has 2 rings (SSSR count). The van der Waals surface area contributed by atoms with Crippen LogP contribution < -0.4 is 9.62 Å². The van der Waals surface area contributed by atoms with Crippen molar-refractivity contribution in [2.75, 3.05) is 10.6 Å². The number of halogens is 1. The quantitative estimate of drug-likeness (QED) is 0.694. The topological polar surface area (TPSA) is 66.5 Å². The van der Waals surface area contributed by atoms with Crippen LogP contribution in [0.5, 0.6) is 0 Å². The van der Waals surface area contributed by atoms with Gasteiger partial charge in [0.2, 0.25) is 15.9 Å². The minimum atomic E-state index is -3.88. The van der Waals surface area contributed by atoms with Gasteiger partial charge in [0.15, 0.2) is 0 Å². The van der Waals surface area contributed by atoms with Crippen molar-refractivity contribution in [3.63, 3.8) is 0 Å². The second kappa shape index (κ2) is 9.39. The number of rotatable bonds is 8. The minimum absolute atomic E-state index is 0.128. The predicted molar refractivity (Wildman–Crippen MR) is 115 cm³/mol. The monoisotopic (exact) mass is 420 g/mol. The number of amides is 1. The Kier molecular flexibility index (Phi) is 7.41. The van der Waals surface area contributed by atoms with E-state index in [0.717, 1.165) is 27.3 Å². The van der Waals surface area contributed by atoms with Crippen molar-refractivity contribution in [2.24, 2.45) is 0 Å². The fourth-order valence-corrected chi connectivity index (χ4v) is 4.55. The number of anilines is 1. The van der Waals surface area contributed by atoms with Gasteiger partial charge in [-0.2, -0.15) is 0 Å². The third-order valence-corrected chi connectivity index (χ3v) is 6.24. The molecular formula is C22H29FN2O3S. The second-order valence-corrected chi connectivity index (χ2v) is 9.11. The lowest BCUT2D eigenvalue weighted by Crippen LogP contribution is -2.50. The van der Waals surface area contributed by atoms with Crippen LogP contribution in [0.15, 0.2) is 42.5 Å². The molecule has 0 spiro atoms. The number of hydrogen-bond donors (Lipinski definition) is 1. The van der Waals surface area contributed by atoms with Gasteiger partial charge >= 0.3 is 0 Å². The molecule has 7 heteroatoms. The molecule has 0 radical (unpaired) electrons. The highest BCUT2D eigenvalue weighted by atomic mass is 32.2. The Morgan fingerprint density at radius 2 is 1.72 bits per heavy atom. The van der Waals surface area contributed by atoms with Gasteiger partial charge < -0.3 is 5.32 Å². The molecular weight excluding hydrogens is 391 g/mol. The maximum atomic E-state index is 14.4. The molecule has 5 nitrogen and oxygen atoms in total. The van der Waals surface area contributed by atoms with Gasteiger partial charge in [-0.1, -0.05) is 44.2 Å². The Labute approximate surface area is 173 Å². The number of nitrogens with one attached hydrogen (secondary N) is 1. The minimum Gasteiger partial charge on any atom is -0.347 e. The van der Waals surface area contributed by atoms with Gasteiger partial charge in [0.25, 0.3) is 0 Å². The maximum absolute atomic E-state index is 14.4. The van der Waals surface area contributed by atoms with Crippen molar-refractivity contribution in [1.29, 1.82) is 0 Å². The molecule has 0 aliphatic rings. The summed E-state index contributed by atoms with van der Waals surface area (Å²) in [6, 6.07) is 10.2. The van der Waals surface area contributed by atoms with Crippen molar-refractivity contribution < 1.29 is 17.6 Å². The van der Waals surface area contributed by atoms with Crippen LogP contribution in [0.25, 0.3) is 0 Å². The molecule has 2 aromatic rings. The van der Waals surface area contributed by atoms with Crippen molar-refractivity contribution >= 4 is 21.6 Å². The molecule has 2 aromatic carbocycles. The van der Waals surface area contributed by atoms with E-state index in [1.165, 1.54) is 18.2 Å². The number of benzene rings is 2. The highest BCUT2D eigenvalue weighted by molar-refractivity contribution is 7.92. The molecule has 0 saturated heterocycles. The highest BCUT2D eigenvalue weighted by Gasteiger charge is 2.33. The number of para-hydroxylation sites is 1. The summed E-state index contributed by atoms with van der Waals surface area (Å²) in [5.74, 6) is -1.14. The molecule has 0 aliphatic carbocycles. The van der Waals surface area contributed by atoms with Gasteiger partial charge in [-0.05, 0) is 55.5 Å². The number of nitrogens with zero attached hydrogens (tertiary/aromatic N) is 1. The molecule has 0 fully saturated rings. The van der Waals surface area contributed by atoms with E-state index in [2.05, 4.69) is 5.32 Å². The molecule has 158 valence electrons. The van der Waals surface area contributed by atoms with Gasteiger partial charge in [0.05, 0.1) is 18.0 Å². The molecule has 0 aromatic heterocycles. The van der Waals surface area contributed by atoms with Crippen molar-refractivity contribution in [3.8, 4) is 0 Å². The van der Waals surface area contributed by atoms with E-state index in [1.807, 2.05) is 39.0 Å². The van der Waals surface area contributed by atoms with Gasteiger partial charge in [0, 0.05) is 0 Å². The molecule has 29 heavy (non-hydrogen) atoms. The summed E-state index contributed by atoms with van der Waals surface area (Å²) in [5.41, 5.74) is 3.10. The third kappa shape index (κ3) is 5.35. The average Bonchev–Trinajstić information content (AvgIpc) is 2.66.